The first-order valence-corrected chi connectivity index (χ1v) is 11.0. The Morgan fingerprint density at radius 1 is 1.17 bits per heavy atom. The monoisotopic (exact) mass is 526 g/mol. The third-order valence-electron chi connectivity index (χ3n) is 5.42. The SMILES string of the molecule is CCNC(=NCc1cccc(C(N)=O)c1)NCC1(c2cccs2)CCCCC1.I. The van der Waals surface area contributed by atoms with E-state index in [0.717, 1.165) is 24.6 Å². The summed E-state index contributed by atoms with van der Waals surface area (Å²) < 4.78 is 0. The molecule has 0 spiro atoms. The summed E-state index contributed by atoms with van der Waals surface area (Å²) in [4.78, 5) is 17.6. The van der Waals surface area contributed by atoms with E-state index in [2.05, 4.69) is 35.1 Å². The first-order chi connectivity index (χ1) is 13.6. The molecular weight excluding hydrogens is 495 g/mol. The van der Waals surface area contributed by atoms with Crippen molar-refractivity contribution in [3.05, 3.63) is 57.8 Å². The van der Waals surface area contributed by atoms with Gasteiger partial charge in [-0.2, -0.15) is 0 Å². The Morgan fingerprint density at radius 3 is 2.62 bits per heavy atom. The zero-order valence-electron chi connectivity index (χ0n) is 16.9. The van der Waals surface area contributed by atoms with Crippen LogP contribution in [0.2, 0.25) is 0 Å². The van der Waals surface area contributed by atoms with Crippen molar-refractivity contribution in [2.75, 3.05) is 13.1 Å². The molecule has 4 N–H and O–H groups in total. The van der Waals surface area contributed by atoms with Crippen LogP contribution in [0.3, 0.4) is 0 Å². The zero-order chi connectivity index (χ0) is 19.8. The van der Waals surface area contributed by atoms with Gasteiger partial charge < -0.3 is 16.4 Å². The lowest BCUT2D eigenvalue weighted by atomic mass is 9.73. The number of nitrogens with one attached hydrogen (secondary N) is 2. The fraction of sp³-hybridized carbons (Fsp3) is 0.455. The van der Waals surface area contributed by atoms with E-state index >= 15 is 0 Å². The largest absolute Gasteiger partial charge is 0.366 e. The van der Waals surface area contributed by atoms with E-state index in [1.54, 1.807) is 6.07 Å². The van der Waals surface area contributed by atoms with Crippen LogP contribution in [0, 0.1) is 0 Å². The fourth-order valence-corrected chi connectivity index (χ4v) is 4.89. The Labute approximate surface area is 194 Å². The first-order valence-electron chi connectivity index (χ1n) is 10.1. The van der Waals surface area contributed by atoms with Crippen LogP contribution < -0.4 is 16.4 Å². The Balaban J connectivity index is 0.00000300. The fourth-order valence-electron chi connectivity index (χ4n) is 3.91. The van der Waals surface area contributed by atoms with Crippen LogP contribution in [0.1, 0.15) is 59.8 Å². The maximum absolute atomic E-state index is 11.4. The van der Waals surface area contributed by atoms with Crippen LogP contribution in [-0.4, -0.2) is 25.0 Å². The van der Waals surface area contributed by atoms with Gasteiger partial charge in [0.15, 0.2) is 5.96 Å². The van der Waals surface area contributed by atoms with Gasteiger partial charge in [-0.05, 0) is 48.9 Å². The van der Waals surface area contributed by atoms with Gasteiger partial charge in [-0.25, -0.2) is 4.99 Å². The van der Waals surface area contributed by atoms with E-state index in [9.17, 15) is 4.79 Å². The maximum Gasteiger partial charge on any atom is 0.248 e. The van der Waals surface area contributed by atoms with E-state index in [-0.39, 0.29) is 29.4 Å². The summed E-state index contributed by atoms with van der Waals surface area (Å²) in [5, 5.41) is 9.10. The number of halogens is 1. The van der Waals surface area contributed by atoms with Gasteiger partial charge >= 0.3 is 0 Å². The highest BCUT2D eigenvalue weighted by Crippen LogP contribution is 2.41. The molecule has 7 heteroatoms. The second-order valence-electron chi connectivity index (χ2n) is 7.43. The number of thiophene rings is 1. The molecule has 1 fully saturated rings. The van der Waals surface area contributed by atoms with Crippen LogP contribution >= 0.6 is 35.3 Å². The summed E-state index contributed by atoms with van der Waals surface area (Å²) >= 11 is 1.86. The number of amides is 1. The molecule has 0 atom stereocenters. The summed E-state index contributed by atoms with van der Waals surface area (Å²) in [5.74, 6) is 0.402. The number of primary amides is 1. The molecule has 1 aromatic carbocycles. The quantitative estimate of drug-likeness (QED) is 0.284. The molecule has 2 aromatic rings. The molecular formula is C22H31IN4OS. The number of benzene rings is 1. The Bertz CT molecular complexity index is 801. The van der Waals surface area contributed by atoms with Crippen molar-refractivity contribution in [3.63, 3.8) is 0 Å². The smallest absolute Gasteiger partial charge is 0.248 e. The third kappa shape index (κ3) is 6.44. The molecule has 1 heterocycles. The molecule has 0 aliphatic heterocycles. The Morgan fingerprint density at radius 2 is 1.97 bits per heavy atom. The number of carbonyl (C=O) groups is 1. The van der Waals surface area contributed by atoms with E-state index in [4.69, 9.17) is 10.7 Å². The number of guanidine groups is 1. The van der Waals surface area contributed by atoms with Gasteiger partial charge in [0.2, 0.25) is 5.91 Å². The number of hydrogen-bond donors (Lipinski definition) is 3. The molecule has 0 unspecified atom stereocenters. The second-order valence-corrected chi connectivity index (χ2v) is 8.38. The summed E-state index contributed by atoms with van der Waals surface area (Å²) in [6.07, 6.45) is 6.35. The van der Waals surface area contributed by atoms with Gasteiger partial charge in [0.1, 0.15) is 0 Å². The average molecular weight is 526 g/mol. The highest BCUT2D eigenvalue weighted by molar-refractivity contribution is 14.0. The van der Waals surface area contributed by atoms with Crippen molar-refractivity contribution in [1.29, 1.82) is 0 Å². The molecule has 1 amide bonds. The molecule has 1 aliphatic carbocycles. The highest BCUT2D eigenvalue weighted by Gasteiger charge is 2.34. The standard InChI is InChI=1S/C22H30N4OS.HI/c1-2-24-21(25-15-17-8-6-9-18(14-17)20(23)27)26-16-22(11-4-3-5-12-22)19-10-7-13-28-19;/h6-10,13-14H,2-5,11-12,15-16H2,1H3,(H2,23,27)(H2,24,25,26);1H. The number of rotatable bonds is 7. The van der Waals surface area contributed by atoms with E-state index in [0.29, 0.717) is 12.1 Å². The second kappa shape index (κ2) is 11.5. The van der Waals surface area contributed by atoms with Gasteiger partial charge in [0, 0.05) is 28.9 Å². The van der Waals surface area contributed by atoms with Crippen molar-refractivity contribution in [2.24, 2.45) is 10.7 Å². The summed E-state index contributed by atoms with van der Waals surface area (Å²) in [6.45, 7) is 4.27. The van der Waals surface area contributed by atoms with Crippen molar-refractivity contribution < 1.29 is 4.79 Å². The minimum absolute atomic E-state index is 0. The van der Waals surface area contributed by atoms with Crippen LogP contribution in [0.15, 0.2) is 46.8 Å². The number of nitrogens with two attached hydrogens (primary N) is 1. The molecule has 1 aliphatic rings. The topological polar surface area (TPSA) is 79.5 Å². The molecule has 0 radical (unpaired) electrons. The van der Waals surface area contributed by atoms with Gasteiger partial charge in [0.05, 0.1) is 6.54 Å². The predicted molar refractivity (Wildman–Crippen MR) is 132 cm³/mol. The van der Waals surface area contributed by atoms with Crippen molar-refractivity contribution >= 4 is 47.2 Å². The maximum atomic E-state index is 11.4. The van der Waals surface area contributed by atoms with Crippen molar-refractivity contribution in [3.8, 4) is 0 Å². The van der Waals surface area contributed by atoms with Gasteiger partial charge in [-0.15, -0.1) is 35.3 Å². The predicted octanol–water partition coefficient (Wildman–Crippen LogP) is 4.42. The van der Waals surface area contributed by atoms with E-state index < -0.39 is 5.91 Å². The molecule has 3 rings (SSSR count). The third-order valence-corrected chi connectivity index (χ3v) is 6.54. The summed E-state index contributed by atoms with van der Waals surface area (Å²) in [7, 11) is 0. The van der Waals surface area contributed by atoms with Crippen LogP contribution in [0.4, 0.5) is 0 Å². The molecule has 5 nitrogen and oxygen atoms in total. The molecule has 158 valence electrons. The van der Waals surface area contributed by atoms with Gasteiger partial charge in [0.25, 0.3) is 0 Å². The van der Waals surface area contributed by atoms with E-state index in [1.807, 2.05) is 29.5 Å². The summed E-state index contributed by atoms with van der Waals surface area (Å²) in [6, 6.07) is 11.8. The van der Waals surface area contributed by atoms with Gasteiger partial charge in [-0.3, -0.25) is 4.79 Å². The highest BCUT2D eigenvalue weighted by atomic mass is 127. The molecule has 1 aromatic heterocycles. The van der Waals surface area contributed by atoms with Crippen LogP contribution in [-0.2, 0) is 12.0 Å². The lowest BCUT2D eigenvalue weighted by Gasteiger charge is -2.37. The summed E-state index contributed by atoms with van der Waals surface area (Å²) in [5.41, 5.74) is 7.07. The molecule has 0 saturated heterocycles. The zero-order valence-corrected chi connectivity index (χ0v) is 20.1. The van der Waals surface area contributed by atoms with E-state index in [1.165, 1.54) is 37.0 Å². The Hall–Kier alpha value is -1.61. The minimum atomic E-state index is -0.411. The van der Waals surface area contributed by atoms with Crippen LogP contribution in [0.25, 0.3) is 0 Å². The first kappa shape index (κ1) is 23.7. The number of aliphatic imine (C=N–C) groups is 1. The van der Waals surface area contributed by atoms with Crippen molar-refractivity contribution in [2.45, 2.75) is 51.0 Å². The lowest BCUT2D eigenvalue weighted by molar-refractivity contribution is 0.1000. The number of carbonyl (C=O) groups excluding carboxylic acids is 1. The Kier molecular flexibility index (Phi) is 9.42. The van der Waals surface area contributed by atoms with Crippen LogP contribution in [0.5, 0.6) is 0 Å². The lowest BCUT2D eigenvalue weighted by Crippen LogP contribution is -2.46. The average Bonchev–Trinajstić information content (AvgIpc) is 3.26. The molecule has 0 bridgehead atoms. The number of nitrogens with zero attached hydrogens (tertiary/aromatic N) is 1. The number of hydrogen-bond acceptors (Lipinski definition) is 3. The van der Waals surface area contributed by atoms with Crippen molar-refractivity contribution in [1.82, 2.24) is 10.6 Å². The van der Waals surface area contributed by atoms with Gasteiger partial charge in [-0.1, -0.05) is 37.5 Å². The molecule has 1 saturated carbocycles. The normalized spacial score (nSPS) is 16.0. The minimum Gasteiger partial charge on any atom is -0.366 e. The molecule has 29 heavy (non-hydrogen) atoms.